The van der Waals surface area contributed by atoms with Crippen molar-refractivity contribution < 1.29 is 23.8 Å². The van der Waals surface area contributed by atoms with Gasteiger partial charge < -0.3 is 19.5 Å². The predicted molar refractivity (Wildman–Crippen MR) is 77.9 cm³/mol. The van der Waals surface area contributed by atoms with Crippen molar-refractivity contribution >= 4 is 19.7 Å². The van der Waals surface area contributed by atoms with Gasteiger partial charge in [0.15, 0.2) is 6.10 Å². The lowest BCUT2D eigenvalue weighted by Crippen LogP contribution is -2.40. The van der Waals surface area contributed by atoms with Crippen LogP contribution in [0.3, 0.4) is 0 Å². The summed E-state index contributed by atoms with van der Waals surface area (Å²) in [6.45, 7) is 5.70. The van der Waals surface area contributed by atoms with Crippen molar-refractivity contribution in [2.45, 2.75) is 70.5 Å². The van der Waals surface area contributed by atoms with Crippen molar-refractivity contribution in [3.05, 3.63) is 0 Å². The summed E-state index contributed by atoms with van der Waals surface area (Å²) >= 11 is 0. The van der Waals surface area contributed by atoms with E-state index in [1.54, 1.807) is 0 Å². The van der Waals surface area contributed by atoms with E-state index in [1.807, 2.05) is 20.8 Å². The summed E-state index contributed by atoms with van der Waals surface area (Å²) in [6, 6.07) is -0.617. The zero-order valence-corrected chi connectivity index (χ0v) is 13.1. The molecule has 1 aliphatic heterocycles. The standard InChI is InChI=1S/C14H24BNO5/c1-5-9-12(13(14(15)20-9)19-8(2)3)21-11(18)7-6-10(17)16-4/h8-9,12-14H,5-7H2,1-4H3,(H,16,17)/t9-,12?,13+,14-/m1/s1. The molecule has 1 aliphatic rings. The first-order valence-electron chi connectivity index (χ1n) is 7.35. The van der Waals surface area contributed by atoms with Gasteiger partial charge in [-0.25, -0.2) is 0 Å². The molecule has 0 aromatic rings. The normalized spacial score (nSPS) is 28.6. The van der Waals surface area contributed by atoms with E-state index in [-0.39, 0.29) is 31.0 Å². The average Bonchev–Trinajstić information content (AvgIpc) is 2.72. The van der Waals surface area contributed by atoms with Crippen LogP contribution in [-0.4, -0.2) is 57.2 Å². The second kappa shape index (κ2) is 8.39. The van der Waals surface area contributed by atoms with Gasteiger partial charge in [0.1, 0.15) is 14.0 Å². The van der Waals surface area contributed by atoms with Gasteiger partial charge in [0.25, 0.3) is 0 Å². The minimum absolute atomic E-state index is 0.0241. The molecule has 7 heteroatoms. The van der Waals surface area contributed by atoms with E-state index in [1.165, 1.54) is 7.05 Å². The Labute approximate surface area is 127 Å². The maximum Gasteiger partial charge on any atom is 0.306 e. The zero-order valence-electron chi connectivity index (χ0n) is 13.1. The van der Waals surface area contributed by atoms with Gasteiger partial charge >= 0.3 is 5.97 Å². The van der Waals surface area contributed by atoms with Crippen molar-refractivity contribution in [2.24, 2.45) is 0 Å². The molecule has 1 fully saturated rings. The molecule has 21 heavy (non-hydrogen) atoms. The number of hydrogen-bond acceptors (Lipinski definition) is 5. The first-order chi connectivity index (χ1) is 9.88. The minimum Gasteiger partial charge on any atom is -0.457 e. The van der Waals surface area contributed by atoms with E-state index in [9.17, 15) is 9.59 Å². The fourth-order valence-electron chi connectivity index (χ4n) is 2.25. The number of carbonyl (C=O) groups is 2. The molecular weight excluding hydrogens is 273 g/mol. The van der Waals surface area contributed by atoms with Gasteiger partial charge in [-0.1, -0.05) is 6.92 Å². The SMILES string of the molecule is [B][C@@H]1O[C@H](CC)C(OC(=O)CCC(=O)NC)[C@@H]1OC(C)C. The van der Waals surface area contributed by atoms with Crippen LogP contribution >= 0.6 is 0 Å². The Morgan fingerprint density at radius 1 is 1.29 bits per heavy atom. The zero-order chi connectivity index (χ0) is 16.0. The van der Waals surface area contributed by atoms with Crippen LogP contribution in [0.2, 0.25) is 0 Å². The van der Waals surface area contributed by atoms with Crippen LogP contribution in [0, 0.1) is 0 Å². The lowest BCUT2D eigenvalue weighted by molar-refractivity contribution is -0.159. The summed E-state index contributed by atoms with van der Waals surface area (Å²) in [5.74, 6) is -0.648. The molecule has 0 aromatic heterocycles. The van der Waals surface area contributed by atoms with Crippen LogP contribution in [0.5, 0.6) is 0 Å². The predicted octanol–water partition coefficient (Wildman–Crippen LogP) is 0.521. The molecule has 118 valence electrons. The molecule has 1 saturated heterocycles. The Morgan fingerprint density at radius 3 is 2.48 bits per heavy atom. The Kier molecular flexibility index (Phi) is 7.18. The van der Waals surface area contributed by atoms with Crippen molar-refractivity contribution in [3.63, 3.8) is 0 Å². The van der Waals surface area contributed by atoms with Crippen molar-refractivity contribution in [2.75, 3.05) is 7.05 Å². The number of ether oxygens (including phenoxy) is 3. The van der Waals surface area contributed by atoms with Crippen LogP contribution < -0.4 is 5.32 Å². The molecule has 0 bridgehead atoms. The van der Waals surface area contributed by atoms with Gasteiger partial charge in [-0.2, -0.15) is 0 Å². The van der Waals surface area contributed by atoms with Crippen LogP contribution in [0.4, 0.5) is 0 Å². The Balaban J connectivity index is 2.62. The Hall–Kier alpha value is -1.08. The van der Waals surface area contributed by atoms with Gasteiger partial charge in [0.2, 0.25) is 5.91 Å². The van der Waals surface area contributed by atoms with Crippen molar-refractivity contribution in [1.82, 2.24) is 5.32 Å². The minimum atomic E-state index is -0.617. The highest BCUT2D eigenvalue weighted by atomic mass is 16.6. The number of carbonyl (C=O) groups excluding carboxylic acids is 2. The van der Waals surface area contributed by atoms with Gasteiger partial charge in [0.05, 0.1) is 18.6 Å². The van der Waals surface area contributed by atoms with Crippen LogP contribution in [-0.2, 0) is 23.8 Å². The van der Waals surface area contributed by atoms with Crippen molar-refractivity contribution in [1.29, 1.82) is 0 Å². The third-order valence-electron chi connectivity index (χ3n) is 3.28. The first-order valence-corrected chi connectivity index (χ1v) is 7.35. The van der Waals surface area contributed by atoms with Crippen LogP contribution in [0.1, 0.15) is 40.0 Å². The maximum atomic E-state index is 11.9. The van der Waals surface area contributed by atoms with Gasteiger partial charge in [-0.3, -0.25) is 9.59 Å². The molecule has 0 aliphatic carbocycles. The number of hydrogen-bond donors (Lipinski definition) is 1. The summed E-state index contributed by atoms with van der Waals surface area (Å²) < 4.78 is 16.7. The number of rotatable bonds is 7. The molecule has 1 rings (SSSR count). The smallest absolute Gasteiger partial charge is 0.306 e. The molecular formula is C14H24BNO5. The van der Waals surface area contributed by atoms with E-state index in [2.05, 4.69) is 5.32 Å². The molecule has 0 spiro atoms. The van der Waals surface area contributed by atoms with Gasteiger partial charge in [-0.15, -0.1) is 0 Å². The molecule has 1 amide bonds. The second-order valence-corrected chi connectivity index (χ2v) is 5.32. The number of amides is 1. The highest BCUT2D eigenvalue weighted by molar-refractivity contribution is 6.11. The monoisotopic (exact) mass is 297 g/mol. The first kappa shape index (κ1) is 18.0. The summed E-state index contributed by atoms with van der Waals surface area (Å²) in [7, 11) is 7.43. The molecule has 1 heterocycles. The summed E-state index contributed by atoms with van der Waals surface area (Å²) in [5.41, 5.74) is 0. The summed E-state index contributed by atoms with van der Waals surface area (Å²) in [4.78, 5) is 23.0. The van der Waals surface area contributed by atoms with E-state index in [4.69, 9.17) is 22.1 Å². The molecule has 1 unspecified atom stereocenters. The van der Waals surface area contributed by atoms with E-state index in [0.29, 0.717) is 6.42 Å². The maximum absolute atomic E-state index is 11.9. The third kappa shape index (κ3) is 5.32. The topological polar surface area (TPSA) is 73.9 Å². The van der Waals surface area contributed by atoms with Gasteiger partial charge in [0, 0.05) is 19.5 Å². The van der Waals surface area contributed by atoms with Crippen LogP contribution in [0.15, 0.2) is 0 Å². The highest BCUT2D eigenvalue weighted by Gasteiger charge is 2.44. The average molecular weight is 297 g/mol. The molecule has 1 N–H and O–H groups in total. The largest absolute Gasteiger partial charge is 0.457 e. The molecule has 4 atom stereocenters. The second-order valence-electron chi connectivity index (χ2n) is 5.32. The van der Waals surface area contributed by atoms with Crippen molar-refractivity contribution in [3.8, 4) is 0 Å². The summed E-state index contributed by atoms with van der Waals surface area (Å²) in [6.07, 6.45) is -0.569. The molecule has 2 radical (unpaired) electrons. The van der Waals surface area contributed by atoms with E-state index >= 15 is 0 Å². The Bertz CT molecular complexity index is 363. The van der Waals surface area contributed by atoms with Crippen LogP contribution in [0.25, 0.3) is 0 Å². The third-order valence-corrected chi connectivity index (χ3v) is 3.28. The quantitative estimate of drug-likeness (QED) is 0.548. The lowest BCUT2D eigenvalue weighted by Gasteiger charge is -2.25. The fourth-order valence-corrected chi connectivity index (χ4v) is 2.25. The van der Waals surface area contributed by atoms with Gasteiger partial charge in [-0.05, 0) is 20.3 Å². The van der Waals surface area contributed by atoms with E-state index < -0.39 is 24.2 Å². The fraction of sp³-hybridized carbons (Fsp3) is 0.857. The number of nitrogens with one attached hydrogen (secondary N) is 1. The Morgan fingerprint density at radius 2 is 1.95 bits per heavy atom. The molecule has 0 saturated carbocycles. The summed E-state index contributed by atoms with van der Waals surface area (Å²) in [5, 5.41) is 2.46. The molecule has 0 aromatic carbocycles. The lowest BCUT2D eigenvalue weighted by atomic mass is 9.92. The number of esters is 1. The highest BCUT2D eigenvalue weighted by Crippen LogP contribution is 2.28. The van der Waals surface area contributed by atoms with E-state index in [0.717, 1.165) is 0 Å². The molecule has 6 nitrogen and oxygen atoms in total.